The molecule has 0 aromatic heterocycles. The van der Waals surface area contributed by atoms with Crippen LogP contribution in [0.2, 0.25) is 0 Å². The molecule has 1 aliphatic carbocycles. The Labute approximate surface area is 175 Å². The van der Waals surface area contributed by atoms with Crippen LogP contribution >= 0.6 is 23.2 Å². The van der Waals surface area contributed by atoms with Crippen molar-refractivity contribution in [3.05, 3.63) is 71.8 Å². The van der Waals surface area contributed by atoms with E-state index in [0.717, 1.165) is 32.4 Å². The number of carbonyl (C=O) groups is 3. The molecule has 1 saturated carbocycles. The number of hydrogen-bond acceptors (Lipinski definition) is 4. The molecule has 6 heteroatoms. The van der Waals surface area contributed by atoms with Gasteiger partial charge in [-0.25, -0.2) is 0 Å². The van der Waals surface area contributed by atoms with Crippen molar-refractivity contribution in [1.82, 2.24) is 4.90 Å². The molecule has 2 aromatic carbocycles. The van der Waals surface area contributed by atoms with Gasteiger partial charge in [-0.15, -0.1) is 0 Å². The van der Waals surface area contributed by atoms with Crippen molar-refractivity contribution < 1.29 is 14.4 Å². The Morgan fingerprint density at radius 1 is 0.857 bits per heavy atom. The number of rotatable bonds is 6. The van der Waals surface area contributed by atoms with Crippen LogP contribution in [0.3, 0.4) is 0 Å². The van der Waals surface area contributed by atoms with E-state index in [9.17, 15) is 14.4 Å². The maximum absolute atomic E-state index is 11.9. The molecule has 0 N–H and O–H groups in total. The molecule has 4 nitrogen and oxygen atoms in total. The lowest BCUT2D eigenvalue weighted by Gasteiger charge is -2.34. The summed E-state index contributed by atoms with van der Waals surface area (Å²) in [7, 11) is 0. The van der Waals surface area contributed by atoms with Gasteiger partial charge in [-0.2, -0.15) is 0 Å². The highest BCUT2D eigenvalue weighted by atomic mass is 35.5. The Bertz CT molecular complexity index is 727. The summed E-state index contributed by atoms with van der Waals surface area (Å²) < 4.78 is 0. The van der Waals surface area contributed by atoms with Gasteiger partial charge in [-0.3, -0.25) is 19.3 Å². The molecule has 1 fully saturated rings. The van der Waals surface area contributed by atoms with Crippen molar-refractivity contribution in [1.29, 1.82) is 0 Å². The van der Waals surface area contributed by atoms with E-state index in [-0.39, 0.29) is 0 Å². The molecule has 3 rings (SSSR count). The van der Waals surface area contributed by atoms with Crippen LogP contribution in [-0.4, -0.2) is 27.2 Å². The van der Waals surface area contributed by atoms with Crippen LogP contribution in [0.25, 0.3) is 0 Å². The van der Waals surface area contributed by atoms with E-state index in [1.54, 1.807) is 0 Å². The second kappa shape index (κ2) is 11.7. The van der Waals surface area contributed by atoms with Gasteiger partial charge in [0.25, 0.3) is 0 Å². The van der Waals surface area contributed by atoms with Gasteiger partial charge in [0, 0.05) is 32.0 Å². The van der Waals surface area contributed by atoms with Gasteiger partial charge in [0.05, 0.1) is 0 Å². The quantitative estimate of drug-likeness (QED) is 0.502. The molecule has 1 atom stereocenters. The van der Waals surface area contributed by atoms with E-state index in [4.69, 9.17) is 0 Å². The fourth-order valence-corrected chi connectivity index (χ4v) is 3.26. The van der Waals surface area contributed by atoms with Crippen LogP contribution in [0.4, 0.5) is 0 Å². The predicted octanol–water partition coefficient (Wildman–Crippen LogP) is 4.72. The minimum Gasteiger partial charge on any atom is -0.300 e. The monoisotopic (exact) mass is 419 g/mol. The van der Waals surface area contributed by atoms with Crippen molar-refractivity contribution in [2.24, 2.45) is 0 Å². The molecule has 148 valence electrons. The molecule has 1 aliphatic rings. The topological polar surface area (TPSA) is 54.5 Å². The van der Waals surface area contributed by atoms with E-state index < -0.39 is 10.5 Å². The molecule has 0 aliphatic heterocycles. The summed E-state index contributed by atoms with van der Waals surface area (Å²) in [6.45, 7) is 1.82. The van der Waals surface area contributed by atoms with Crippen molar-refractivity contribution in [3.63, 3.8) is 0 Å². The molecule has 0 spiro atoms. The number of benzene rings is 2. The zero-order chi connectivity index (χ0) is 20.4. The Balaban J connectivity index is 0.000000409. The van der Waals surface area contributed by atoms with E-state index in [1.807, 2.05) is 0 Å². The van der Waals surface area contributed by atoms with Gasteiger partial charge in [-0.1, -0.05) is 60.7 Å². The summed E-state index contributed by atoms with van der Waals surface area (Å²) in [4.78, 5) is 33.2. The molecule has 0 radical (unpaired) electrons. The molecule has 0 amide bonds. The second-order valence-corrected chi connectivity index (χ2v) is 7.40. The number of ketones is 1. The Morgan fingerprint density at radius 3 is 1.71 bits per heavy atom. The van der Waals surface area contributed by atoms with Crippen LogP contribution in [0.1, 0.15) is 36.8 Å². The highest BCUT2D eigenvalue weighted by molar-refractivity contribution is 6.97. The minimum atomic E-state index is -1.14. The Hall–Kier alpha value is -2.01. The molecular formula is C22H23Cl2NO3. The summed E-state index contributed by atoms with van der Waals surface area (Å²) in [5, 5.41) is -2.28. The normalized spacial score (nSPS) is 16.2. The Morgan fingerprint density at radius 2 is 1.32 bits per heavy atom. The van der Waals surface area contributed by atoms with Crippen molar-refractivity contribution in [2.75, 3.05) is 0 Å². The molecule has 0 bridgehead atoms. The number of nitrogens with zero attached hydrogens (tertiary/aromatic N) is 1. The number of halogens is 2. The molecule has 0 heterocycles. The van der Waals surface area contributed by atoms with E-state index in [0.29, 0.717) is 18.2 Å². The second-order valence-electron chi connectivity index (χ2n) is 6.71. The molecular weight excluding hydrogens is 397 g/mol. The zero-order valence-corrected chi connectivity index (χ0v) is 17.0. The summed E-state index contributed by atoms with van der Waals surface area (Å²) in [5.41, 5.74) is 2.63. The van der Waals surface area contributed by atoms with Crippen LogP contribution in [0.5, 0.6) is 0 Å². The van der Waals surface area contributed by atoms with E-state index in [1.165, 1.54) is 11.1 Å². The molecule has 28 heavy (non-hydrogen) atoms. The smallest absolute Gasteiger partial charge is 0.300 e. The van der Waals surface area contributed by atoms with Crippen molar-refractivity contribution in [3.8, 4) is 0 Å². The fraction of sp³-hybridized carbons (Fsp3) is 0.318. The third kappa shape index (κ3) is 7.93. The van der Waals surface area contributed by atoms with Gasteiger partial charge in [0.1, 0.15) is 5.78 Å². The number of Topliss-reactive ketones (excluding diaryl/α,β-unsaturated/α-hetero) is 1. The SMILES string of the molecule is O=C(Cl)C(=O)Cl.O=C1CCC[C@@H](N(Cc2ccccc2)Cc2ccccc2)C1. The third-order valence-corrected chi connectivity index (χ3v) is 5.02. The van der Waals surface area contributed by atoms with Crippen molar-refractivity contribution in [2.45, 2.75) is 44.8 Å². The fourth-order valence-electron chi connectivity index (χ4n) is 3.26. The first-order valence-corrected chi connectivity index (χ1v) is 9.94. The number of hydrogen-bond donors (Lipinski definition) is 0. The summed E-state index contributed by atoms with van der Waals surface area (Å²) in [6.07, 6.45) is 3.63. The maximum atomic E-state index is 11.9. The van der Waals surface area contributed by atoms with Crippen LogP contribution in [0.15, 0.2) is 60.7 Å². The molecule has 0 saturated heterocycles. The van der Waals surface area contributed by atoms with Crippen molar-refractivity contribution >= 4 is 39.5 Å². The highest BCUT2D eigenvalue weighted by Gasteiger charge is 2.25. The zero-order valence-electron chi connectivity index (χ0n) is 15.5. The van der Waals surface area contributed by atoms with Crippen LogP contribution in [-0.2, 0) is 27.5 Å². The maximum Gasteiger partial charge on any atom is 0.304 e. The van der Waals surface area contributed by atoms with Gasteiger partial charge >= 0.3 is 10.5 Å². The molecule has 0 unspecified atom stereocenters. The minimum absolute atomic E-state index is 0.377. The summed E-state index contributed by atoms with van der Waals surface area (Å²) >= 11 is 8.98. The van der Waals surface area contributed by atoms with Gasteiger partial charge < -0.3 is 0 Å². The van der Waals surface area contributed by atoms with Crippen LogP contribution in [0, 0.1) is 0 Å². The first-order chi connectivity index (χ1) is 13.5. The largest absolute Gasteiger partial charge is 0.304 e. The van der Waals surface area contributed by atoms with Gasteiger partial charge in [0.2, 0.25) is 0 Å². The first kappa shape index (κ1) is 22.3. The Kier molecular flexibility index (Phi) is 9.35. The predicted molar refractivity (Wildman–Crippen MR) is 111 cm³/mol. The lowest BCUT2D eigenvalue weighted by atomic mass is 9.92. The summed E-state index contributed by atoms with van der Waals surface area (Å²) in [5.74, 6) is 0.419. The molecule has 2 aromatic rings. The van der Waals surface area contributed by atoms with E-state index >= 15 is 0 Å². The summed E-state index contributed by atoms with van der Waals surface area (Å²) in [6, 6.07) is 21.5. The average molecular weight is 420 g/mol. The van der Waals surface area contributed by atoms with Gasteiger partial charge in [-0.05, 0) is 47.2 Å². The van der Waals surface area contributed by atoms with Crippen LogP contribution < -0.4 is 0 Å². The standard InChI is InChI=1S/C20H23NO.C2Cl2O2/c22-20-13-7-12-19(14-20)21(15-17-8-3-1-4-9-17)16-18-10-5-2-6-11-18;3-1(5)2(4)6/h1-6,8-11,19H,7,12-16H2;/t19-;/m1./s1. The average Bonchev–Trinajstić information content (AvgIpc) is 2.69. The van der Waals surface area contributed by atoms with Gasteiger partial charge in [0.15, 0.2) is 0 Å². The lowest BCUT2D eigenvalue weighted by Crippen LogP contribution is -2.38. The highest BCUT2D eigenvalue weighted by Crippen LogP contribution is 2.24. The number of carbonyl (C=O) groups excluding carboxylic acids is 3. The third-order valence-electron chi connectivity index (χ3n) is 4.58. The first-order valence-electron chi connectivity index (χ1n) is 9.18. The lowest BCUT2D eigenvalue weighted by molar-refractivity contribution is -0.127. The van der Waals surface area contributed by atoms with E-state index in [2.05, 4.69) is 88.8 Å².